The number of hydrogen-bond acceptors (Lipinski definition) is 4. The summed E-state index contributed by atoms with van der Waals surface area (Å²) in [6, 6.07) is 14.1. The SMILES string of the molecule is CN(C)S(=O)(=O)c1ccccc1CNC(=O)CCc1ccccc1N.Cl. The van der Waals surface area contributed by atoms with Gasteiger partial charge in [0.25, 0.3) is 0 Å². The van der Waals surface area contributed by atoms with Crippen molar-refractivity contribution in [3.8, 4) is 0 Å². The second-order valence-electron chi connectivity index (χ2n) is 5.87. The second kappa shape index (κ2) is 9.56. The number of rotatable bonds is 7. The van der Waals surface area contributed by atoms with Crippen molar-refractivity contribution in [2.45, 2.75) is 24.3 Å². The van der Waals surface area contributed by atoms with E-state index >= 15 is 0 Å². The van der Waals surface area contributed by atoms with Crippen molar-refractivity contribution in [2.75, 3.05) is 19.8 Å². The van der Waals surface area contributed by atoms with Gasteiger partial charge in [-0.05, 0) is 29.7 Å². The summed E-state index contributed by atoms with van der Waals surface area (Å²) in [4.78, 5) is 12.3. The van der Waals surface area contributed by atoms with Gasteiger partial charge in [0, 0.05) is 32.7 Å². The first-order valence-corrected chi connectivity index (χ1v) is 9.37. The third kappa shape index (κ3) is 5.45. The van der Waals surface area contributed by atoms with Crippen molar-refractivity contribution in [1.82, 2.24) is 9.62 Å². The molecule has 0 saturated heterocycles. The highest BCUT2D eigenvalue weighted by molar-refractivity contribution is 7.89. The number of aryl methyl sites for hydroxylation is 1. The molecule has 6 nitrogen and oxygen atoms in total. The van der Waals surface area contributed by atoms with Gasteiger partial charge < -0.3 is 11.1 Å². The predicted octanol–water partition coefficient (Wildman–Crippen LogP) is 2.19. The molecule has 26 heavy (non-hydrogen) atoms. The van der Waals surface area contributed by atoms with Crippen LogP contribution in [-0.2, 0) is 27.8 Å². The molecule has 3 N–H and O–H groups in total. The lowest BCUT2D eigenvalue weighted by molar-refractivity contribution is -0.121. The molecule has 8 heteroatoms. The molecule has 0 spiro atoms. The molecule has 0 fully saturated rings. The predicted molar refractivity (Wildman–Crippen MR) is 106 cm³/mol. The highest BCUT2D eigenvalue weighted by Crippen LogP contribution is 2.18. The smallest absolute Gasteiger partial charge is 0.242 e. The molecule has 0 saturated carbocycles. The zero-order valence-electron chi connectivity index (χ0n) is 14.8. The number of para-hydroxylation sites is 1. The lowest BCUT2D eigenvalue weighted by Gasteiger charge is -2.15. The van der Waals surface area contributed by atoms with Crippen LogP contribution in [0.3, 0.4) is 0 Å². The molecule has 142 valence electrons. The summed E-state index contributed by atoms with van der Waals surface area (Å²) in [5.74, 6) is -0.152. The molecule has 0 heterocycles. The van der Waals surface area contributed by atoms with Crippen LogP contribution in [-0.4, -0.2) is 32.7 Å². The Morgan fingerprint density at radius 1 is 1.04 bits per heavy atom. The van der Waals surface area contributed by atoms with Gasteiger partial charge in [-0.25, -0.2) is 12.7 Å². The number of nitrogen functional groups attached to an aromatic ring is 1. The van der Waals surface area contributed by atoms with Crippen LogP contribution in [0, 0.1) is 0 Å². The van der Waals surface area contributed by atoms with E-state index in [0.717, 1.165) is 9.87 Å². The highest BCUT2D eigenvalue weighted by atomic mass is 35.5. The summed E-state index contributed by atoms with van der Waals surface area (Å²) < 4.78 is 25.8. The van der Waals surface area contributed by atoms with E-state index in [1.54, 1.807) is 30.3 Å². The molecule has 2 aromatic rings. The van der Waals surface area contributed by atoms with Gasteiger partial charge in [0.1, 0.15) is 0 Å². The first-order chi connectivity index (χ1) is 11.8. The van der Waals surface area contributed by atoms with E-state index in [4.69, 9.17) is 5.73 Å². The van der Waals surface area contributed by atoms with Gasteiger partial charge in [-0.2, -0.15) is 0 Å². The Kier molecular flexibility index (Phi) is 8.08. The normalized spacial score (nSPS) is 11.0. The quantitative estimate of drug-likeness (QED) is 0.700. The Balaban J connectivity index is 0.00000338. The lowest BCUT2D eigenvalue weighted by atomic mass is 10.1. The fraction of sp³-hybridized carbons (Fsp3) is 0.278. The largest absolute Gasteiger partial charge is 0.399 e. The first kappa shape index (κ1) is 22.0. The zero-order chi connectivity index (χ0) is 18.4. The van der Waals surface area contributed by atoms with E-state index in [9.17, 15) is 13.2 Å². The third-order valence-corrected chi connectivity index (χ3v) is 5.80. The number of halogens is 1. The number of nitrogens with one attached hydrogen (secondary N) is 1. The molecule has 0 aromatic heterocycles. The van der Waals surface area contributed by atoms with Crippen LogP contribution in [0.25, 0.3) is 0 Å². The number of anilines is 1. The Labute approximate surface area is 160 Å². The van der Waals surface area contributed by atoms with Crippen LogP contribution < -0.4 is 11.1 Å². The molecule has 0 aliphatic rings. The van der Waals surface area contributed by atoms with Crippen LogP contribution in [0.5, 0.6) is 0 Å². The average molecular weight is 398 g/mol. The van der Waals surface area contributed by atoms with E-state index in [1.807, 2.05) is 18.2 Å². The number of hydrogen-bond donors (Lipinski definition) is 2. The van der Waals surface area contributed by atoms with Gasteiger partial charge >= 0.3 is 0 Å². The number of carbonyl (C=O) groups is 1. The zero-order valence-corrected chi connectivity index (χ0v) is 16.4. The maximum atomic E-state index is 12.3. The molecule has 0 bridgehead atoms. The number of nitrogens with zero attached hydrogens (tertiary/aromatic N) is 1. The van der Waals surface area contributed by atoms with E-state index in [-0.39, 0.29) is 36.2 Å². The van der Waals surface area contributed by atoms with Gasteiger partial charge in [-0.15, -0.1) is 12.4 Å². The summed E-state index contributed by atoms with van der Waals surface area (Å²) in [7, 11) is -0.589. The van der Waals surface area contributed by atoms with Gasteiger partial charge in [0.05, 0.1) is 4.90 Å². The molecular weight excluding hydrogens is 374 g/mol. The minimum atomic E-state index is -3.55. The Morgan fingerprint density at radius 2 is 1.62 bits per heavy atom. The van der Waals surface area contributed by atoms with Crippen molar-refractivity contribution in [3.05, 3.63) is 59.7 Å². The average Bonchev–Trinajstić information content (AvgIpc) is 2.59. The fourth-order valence-corrected chi connectivity index (χ4v) is 3.51. The first-order valence-electron chi connectivity index (χ1n) is 7.93. The summed E-state index contributed by atoms with van der Waals surface area (Å²) in [5.41, 5.74) is 8.01. The maximum absolute atomic E-state index is 12.3. The molecule has 0 atom stereocenters. The number of carbonyl (C=O) groups excluding carboxylic acids is 1. The number of nitrogens with two attached hydrogens (primary N) is 1. The van der Waals surface area contributed by atoms with Crippen LogP contribution >= 0.6 is 12.4 Å². The van der Waals surface area contributed by atoms with Crippen molar-refractivity contribution < 1.29 is 13.2 Å². The monoisotopic (exact) mass is 397 g/mol. The number of benzene rings is 2. The van der Waals surface area contributed by atoms with Crippen molar-refractivity contribution in [1.29, 1.82) is 0 Å². The summed E-state index contributed by atoms with van der Waals surface area (Å²) in [5, 5.41) is 2.78. The molecule has 2 aromatic carbocycles. The molecule has 2 rings (SSSR count). The summed E-state index contributed by atoms with van der Waals surface area (Å²) in [6.45, 7) is 0.159. The van der Waals surface area contributed by atoms with Crippen molar-refractivity contribution in [2.24, 2.45) is 0 Å². The van der Waals surface area contributed by atoms with E-state index in [2.05, 4.69) is 5.32 Å². The van der Waals surface area contributed by atoms with Crippen LogP contribution in [0.2, 0.25) is 0 Å². The van der Waals surface area contributed by atoms with Gasteiger partial charge in [0.2, 0.25) is 15.9 Å². The molecular formula is C18H24ClN3O3S. The maximum Gasteiger partial charge on any atom is 0.242 e. The van der Waals surface area contributed by atoms with Gasteiger partial charge in [-0.1, -0.05) is 36.4 Å². The molecule has 0 aliphatic heterocycles. The molecule has 1 amide bonds. The van der Waals surface area contributed by atoms with Crippen molar-refractivity contribution in [3.63, 3.8) is 0 Å². The van der Waals surface area contributed by atoms with Gasteiger partial charge in [-0.3, -0.25) is 4.79 Å². The van der Waals surface area contributed by atoms with Crippen LogP contribution in [0.1, 0.15) is 17.5 Å². The minimum Gasteiger partial charge on any atom is -0.399 e. The number of sulfonamides is 1. The standard InChI is InChI=1S/C18H23N3O3S.ClH/c1-21(2)25(23,24)17-10-6-4-8-15(17)13-20-18(22)12-11-14-7-3-5-9-16(14)19;/h3-10H,11-13,19H2,1-2H3,(H,20,22);1H. The van der Waals surface area contributed by atoms with Crippen molar-refractivity contribution >= 4 is 34.0 Å². The Bertz CT molecular complexity index is 854. The van der Waals surface area contributed by atoms with E-state index in [1.165, 1.54) is 14.1 Å². The van der Waals surface area contributed by atoms with Crippen LogP contribution in [0.4, 0.5) is 5.69 Å². The molecule has 0 unspecified atom stereocenters. The Hall–Kier alpha value is -2.09. The molecule has 0 radical (unpaired) electrons. The van der Waals surface area contributed by atoms with E-state index < -0.39 is 10.0 Å². The van der Waals surface area contributed by atoms with Gasteiger partial charge in [0.15, 0.2) is 0 Å². The highest BCUT2D eigenvalue weighted by Gasteiger charge is 2.20. The summed E-state index contributed by atoms with van der Waals surface area (Å²) in [6.07, 6.45) is 0.826. The topological polar surface area (TPSA) is 92.5 Å². The molecule has 0 aliphatic carbocycles. The third-order valence-electron chi connectivity index (χ3n) is 3.88. The summed E-state index contributed by atoms with van der Waals surface area (Å²) >= 11 is 0. The second-order valence-corrected chi connectivity index (χ2v) is 7.99. The van der Waals surface area contributed by atoms with Crippen LogP contribution in [0.15, 0.2) is 53.4 Å². The Morgan fingerprint density at radius 3 is 2.23 bits per heavy atom. The van der Waals surface area contributed by atoms with E-state index in [0.29, 0.717) is 17.7 Å². The minimum absolute atomic E-state index is 0. The lowest BCUT2D eigenvalue weighted by Crippen LogP contribution is -2.27. The fourth-order valence-electron chi connectivity index (χ4n) is 2.39. The number of amides is 1.